The minimum Gasteiger partial charge on any atom is -0.238 e. The van der Waals surface area contributed by atoms with Crippen molar-refractivity contribution < 1.29 is 4.39 Å². The maximum atomic E-state index is 13.7. The predicted molar refractivity (Wildman–Crippen MR) is 53.4 cm³/mol. The van der Waals surface area contributed by atoms with Crippen molar-refractivity contribution in [3.05, 3.63) is 35.4 Å². The third-order valence-electron chi connectivity index (χ3n) is 1.87. The topological polar surface area (TPSA) is 0 Å². The van der Waals surface area contributed by atoms with Crippen LogP contribution in [0.15, 0.2) is 24.3 Å². The highest BCUT2D eigenvalue weighted by atomic mass is 79.9. The Balaban J connectivity index is 3.03. The molecule has 1 aromatic rings. The molecule has 1 unspecified atom stereocenters. The van der Waals surface area contributed by atoms with Gasteiger partial charge in [-0.3, -0.25) is 0 Å². The quantitative estimate of drug-likeness (QED) is 0.682. The molecule has 0 fully saturated rings. The van der Waals surface area contributed by atoms with Gasteiger partial charge in [-0.1, -0.05) is 45.8 Å². The number of rotatable bonds is 2. The van der Waals surface area contributed by atoms with Crippen LogP contribution in [-0.4, -0.2) is 5.33 Å². The minimum absolute atomic E-state index is 0.337. The number of benzene rings is 1. The SMILES string of the molecule is Cc1cccc(C(C)(F)CBr)c1. The Morgan fingerprint density at radius 1 is 1.50 bits per heavy atom. The molecule has 1 aromatic carbocycles. The first-order valence-electron chi connectivity index (χ1n) is 3.88. The Morgan fingerprint density at radius 3 is 2.67 bits per heavy atom. The van der Waals surface area contributed by atoms with Crippen molar-refractivity contribution in [1.82, 2.24) is 0 Å². The Morgan fingerprint density at radius 2 is 2.17 bits per heavy atom. The molecule has 0 heterocycles. The van der Waals surface area contributed by atoms with Gasteiger partial charge in [0.1, 0.15) is 5.67 Å². The van der Waals surface area contributed by atoms with Crippen LogP contribution in [-0.2, 0) is 5.67 Å². The normalized spacial score (nSPS) is 15.7. The number of hydrogen-bond donors (Lipinski definition) is 0. The van der Waals surface area contributed by atoms with E-state index in [0.29, 0.717) is 5.33 Å². The van der Waals surface area contributed by atoms with Crippen LogP contribution < -0.4 is 0 Å². The second-order valence-electron chi connectivity index (χ2n) is 3.20. The maximum Gasteiger partial charge on any atom is 0.142 e. The summed E-state index contributed by atoms with van der Waals surface area (Å²) in [6, 6.07) is 7.54. The zero-order valence-electron chi connectivity index (χ0n) is 7.27. The van der Waals surface area contributed by atoms with Gasteiger partial charge < -0.3 is 0 Å². The molecule has 0 bridgehead atoms. The second-order valence-corrected chi connectivity index (χ2v) is 3.76. The maximum absolute atomic E-state index is 13.7. The molecule has 0 aliphatic rings. The van der Waals surface area contributed by atoms with E-state index >= 15 is 0 Å². The van der Waals surface area contributed by atoms with E-state index in [1.165, 1.54) is 0 Å². The van der Waals surface area contributed by atoms with E-state index in [4.69, 9.17) is 0 Å². The highest BCUT2D eigenvalue weighted by Crippen LogP contribution is 2.27. The molecule has 0 aliphatic heterocycles. The van der Waals surface area contributed by atoms with Gasteiger partial charge in [-0.25, -0.2) is 4.39 Å². The molecule has 0 saturated heterocycles. The molecule has 0 radical (unpaired) electrons. The van der Waals surface area contributed by atoms with Crippen LogP contribution >= 0.6 is 15.9 Å². The van der Waals surface area contributed by atoms with Crippen molar-refractivity contribution in [3.8, 4) is 0 Å². The number of halogens is 2. The molecule has 1 atom stereocenters. The van der Waals surface area contributed by atoms with Crippen molar-refractivity contribution in [2.75, 3.05) is 5.33 Å². The molecule has 0 aliphatic carbocycles. The van der Waals surface area contributed by atoms with Crippen molar-refractivity contribution in [2.24, 2.45) is 0 Å². The third kappa shape index (κ3) is 2.07. The molecule has 0 nitrogen and oxygen atoms in total. The lowest BCUT2D eigenvalue weighted by atomic mass is 9.99. The van der Waals surface area contributed by atoms with Crippen LogP contribution in [0.1, 0.15) is 18.1 Å². The van der Waals surface area contributed by atoms with E-state index in [1.54, 1.807) is 6.92 Å². The van der Waals surface area contributed by atoms with Gasteiger partial charge in [0.2, 0.25) is 0 Å². The van der Waals surface area contributed by atoms with E-state index in [1.807, 2.05) is 31.2 Å². The highest BCUT2D eigenvalue weighted by Gasteiger charge is 2.23. The van der Waals surface area contributed by atoms with Crippen LogP contribution in [0.2, 0.25) is 0 Å². The smallest absolute Gasteiger partial charge is 0.142 e. The van der Waals surface area contributed by atoms with Gasteiger partial charge in [-0.05, 0) is 19.4 Å². The summed E-state index contributed by atoms with van der Waals surface area (Å²) in [6.45, 7) is 3.55. The van der Waals surface area contributed by atoms with Crippen LogP contribution in [0.4, 0.5) is 4.39 Å². The fourth-order valence-corrected chi connectivity index (χ4v) is 1.37. The van der Waals surface area contributed by atoms with Gasteiger partial charge in [0, 0.05) is 5.33 Å². The summed E-state index contributed by atoms with van der Waals surface area (Å²) in [5.74, 6) is 0. The van der Waals surface area contributed by atoms with Crippen molar-refractivity contribution in [1.29, 1.82) is 0 Å². The lowest BCUT2D eigenvalue weighted by Crippen LogP contribution is -2.16. The van der Waals surface area contributed by atoms with Gasteiger partial charge in [0.05, 0.1) is 0 Å². The Hall–Kier alpha value is -0.370. The van der Waals surface area contributed by atoms with Crippen molar-refractivity contribution in [2.45, 2.75) is 19.5 Å². The average molecular weight is 231 g/mol. The molecule has 0 N–H and O–H groups in total. The number of hydrogen-bond acceptors (Lipinski definition) is 0. The van der Waals surface area contributed by atoms with E-state index in [9.17, 15) is 4.39 Å². The van der Waals surface area contributed by atoms with E-state index in [0.717, 1.165) is 11.1 Å². The first-order valence-corrected chi connectivity index (χ1v) is 5.00. The summed E-state index contributed by atoms with van der Waals surface area (Å²) in [5, 5.41) is 0.337. The zero-order valence-corrected chi connectivity index (χ0v) is 8.86. The summed E-state index contributed by atoms with van der Waals surface area (Å²) in [7, 11) is 0. The highest BCUT2D eigenvalue weighted by molar-refractivity contribution is 9.09. The van der Waals surface area contributed by atoms with E-state index < -0.39 is 5.67 Å². The van der Waals surface area contributed by atoms with Gasteiger partial charge >= 0.3 is 0 Å². The van der Waals surface area contributed by atoms with Crippen LogP contribution in [0.25, 0.3) is 0 Å². The third-order valence-corrected chi connectivity index (χ3v) is 2.92. The van der Waals surface area contributed by atoms with Crippen LogP contribution in [0.3, 0.4) is 0 Å². The number of alkyl halides is 2. The molecule has 12 heavy (non-hydrogen) atoms. The summed E-state index contributed by atoms with van der Waals surface area (Å²) in [6.07, 6.45) is 0. The number of aryl methyl sites for hydroxylation is 1. The van der Waals surface area contributed by atoms with E-state index in [-0.39, 0.29) is 0 Å². The molecule has 0 spiro atoms. The summed E-state index contributed by atoms with van der Waals surface area (Å²) in [4.78, 5) is 0. The second kappa shape index (κ2) is 3.56. The standard InChI is InChI=1S/C10H12BrF/c1-8-4-3-5-9(6-8)10(2,12)7-11/h3-6H,7H2,1-2H3. The fourth-order valence-electron chi connectivity index (χ4n) is 1.05. The molecular weight excluding hydrogens is 219 g/mol. The summed E-state index contributed by atoms with van der Waals surface area (Å²) < 4.78 is 13.7. The summed E-state index contributed by atoms with van der Waals surface area (Å²) in [5.41, 5.74) is 0.572. The first kappa shape index (κ1) is 9.72. The molecule has 66 valence electrons. The fraction of sp³-hybridized carbons (Fsp3) is 0.400. The minimum atomic E-state index is -1.26. The molecule has 0 aromatic heterocycles. The molecule has 2 heteroatoms. The van der Waals surface area contributed by atoms with Gasteiger partial charge in [0.15, 0.2) is 0 Å². The Kier molecular flexibility index (Phi) is 2.89. The van der Waals surface area contributed by atoms with Crippen molar-refractivity contribution in [3.63, 3.8) is 0 Å². The summed E-state index contributed by atoms with van der Waals surface area (Å²) >= 11 is 3.16. The zero-order chi connectivity index (χ0) is 9.19. The lowest BCUT2D eigenvalue weighted by molar-refractivity contribution is 0.230. The van der Waals surface area contributed by atoms with Gasteiger partial charge in [-0.2, -0.15) is 0 Å². The van der Waals surface area contributed by atoms with Gasteiger partial charge in [0.25, 0.3) is 0 Å². The molecule has 0 saturated carbocycles. The average Bonchev–Trinajstić information content (AvgIpc) is 2.05. The van der Waals surface area contributed by atoms with Crippen molar-refractivity contribution >= 4 is 15.9 Å². The molecular formula is C10H12BrF. The Bertz CT molecular complexity index is 268. The van der Waals surface area contributed by atoms with Crippen LogP contribution in [0, 0.1) is 6.92 Å². The lowest BCUT2D eigenvalue weighted by Gasteiger charge is -2.17. The van der Waals surface area contributed by atoms with Crippen LogP contribution in [0.5, 0.6) is 0 Å². The Labute approximate surface area is 80.9 Å². The monoisotopic (exact) mass is 230 g/mol. The molecule has 1 rings (SSSR count). The molecule has 0 amide bonds. The first-order chi connectivity index (χ1) is 5.56. The van der Waals surface area contributed by atoms with E-state index in [2.05, 4.69) is 15.9 Å². The largest absolute Gasteiger partial charge is 0.238 e. The predicted octanol–water partition coefficient (Wildman–Crippen LogP) is 3.57. The van der Waals surface area contributed by atoms with Gasteiger partial charge in [-0.15, -0.1) is 0 Å².